The lowest BCUT2D eigenvalue weighted by atomic mass is 10.0. The summed E-state index contributed by atoms with van der Waals surface area (Å²) < 4.78 is 22.0. The van der Waals surface area contributed by atoms with Gasteiger partial charge in [0.2, 0.25) is 0 Å². The Balaban J connectivity index is 2.38. The fourth-order valence-corrected chi connectivity index (χ4v) is 3.42. The van der Waals surface area contributed by atoms with Gasteiger partial charge in [-0.1, -0.05) is 0 Å². The van der Waals surface area contributed by atoms with Gasteiger partial charge in [-0.15, -0.1) is 0 Å². The Labute approximate surface area is 72.7 Å². The average Bonchev–Trinajstić information content (AvgIpc) is 2.30. The van der Waals surface area contributed by atoms with Crippen LogP contribution in [0.4, 0.5) is 0 Å². The van der Waals surface area contributed by atoms with Gasteiger partial charge in [-0.05, 0) is 18.8 Å². The molecule has 4 nitrogen and oxygen atoms in total. The van der Waals surface area contributed by atoms with E-state index in [1.54, 1.807) is 0 Å². The third-order valence-electron chi connectivity index (χ3n) is 2.20. The van der Waals surface area contributed by atoms with E-state index >= 15 is 0 Å². The van der Waals surface area contributed by atoms with Crippen LogP contribution in [0, 0.1) is 5.92 Å². The van der Waals surface area contributed by atoms with E-state index in [1.165, 1.54) is 0 Å². The highest BCUT2D eigenvalue weighted by molar-refractivity contribution is 7.91. The molecule has 1 aliphatic rings. The molecule has 1 rings (SSSR count). The normalized spacial score (nSPS) is 30.3. The van der Waals surface area contributed by atoms with E-state index in [4.69, 9.17) is 10.8 Å². The van der Waals surface area contributed by atoms with Gasteiger partial charge in [0.25, 0.3) is 0 Å². The van der Waals surface area contributed by atoms with E-state index in [0.29, 0.717) is 12.8 Å². The van der Waals surface area contributed by atoms with Gasteiger partial charge in [0.1, 0.15) is 0 Å². The quantitative estimate of drug-likeness (QED) is 0.610. The second-order valence-electron chi connectivity index (χ2n) is 3.39. The van der Waals surface area contributed by atoms with E-state index < -0.39 is 15.9 Å². The summed E-state index contributed by atoms with van der Waals surface area (Å²) in [5, 5.41) is 9.17. The predicted molar refractivity (Wildman–Crippen MR) is 46.4 cm³/mol. The number of hydrogen-bond acceptors (Lipinski definition) is 4. The van der Waals surface area contributed by atoms with Crippen LogP contribution in [-0.2, 0) is 9.84 Å². The molecule has 12 heavy (non-hydrogen) atoms. The number of nitrogens with two attached hydrogens (primary N) is 1. The first-order chi connectivity index (χ1) is 5.53. The van der Waals surface area contributed by atoms with E-state index in [2.05, 4.69) is 0 Å². The number of sulfone groups is 1. The van der Waals surface area contributed by atoms with Crippen LogP contribution in [0.1, 0.15) is 12.8 Å². The van der Waals surface area contributed by atoms with Crippen molar-refractivity contribution in [3.63, 3.8) is 0 Å². The average molecular weight is 193 g/mol. The molecule has 0 spiro atoms. The van der Waals surface area contributed by atoms with E-state index in [1.807, 2.05) is 0 Å². The molecule has 0 aromatic heterocycles. The summed E-state index contributed by atoms with van der Waals surface area (Å²) in [6, 6.07) is 0. The highest BCUT2D eigenvalue weighted by Crippen LogP contribution is 2.22. The molecule has 5 heteroatoms. The zero-order valence-corrected chi connectivity index (χ0v) is 7.76. The molecule has 0 aromatic carbocycles. The molecule has 1 saturated heterocycles. The molecular formula is C7H15NO3S. The number of aliphatic hydroxyl groups excluding tert-OH is 1. The fraction of sp³-hybridized carbons (Fsp3) is 1.00. The molecule has 2 unspecified atom stereocenters. The van der Waals surface area contributed by atoms with Crippen molar-refractivity contribution in [1.82, 2.24) is 0 Å². The lowest BCUT2D eigenvalue weighted by molar-refractivity contribution is 0.154. The van der Waals surface area contributed by atoms with Crippen LogP contribution in [-0.4, -0.2) is 37.7 Å². The van der Waals surface area contributed by atoms with Crippen LogP contribution >= 0.6 is 0 Å². The van der Waals surface area contributed by atoms with Crippen LogP contribution in [0.3, 0.4) is 0 Å². The van der Waals surface area contributed by atoms with Gasteiger partial charge in [0.15, 0.2) is 9.84 Å². The molecule has 0 bridgehead atoms. The van der Waals surface area contributed by atoms with Crippen LogP contribution < -0.4 is 5.73 Å². The highest BCUT2D eigenvalue weighted by atomic mass is 32.2. The van der Waals surface area contributed by atoms with Crippen LogP contribution in [0.25, 0.3) is 0 Å². The molecule has 0 amide bonds. The maximum Gasteiger partial charge on any atom is 0.150 e. The standard InChI is InChI=1S/C7H15NO3S/c8-4-7(9)3-6-1-2-12(10,11)5-6/h6-7,9H,1-5,8H2. The first kappa shape index (κ1) is 9.95. The van der Waals surface area contributed by atoms with Gasteiger partial charge in [-0.3, -0.25) is 0 Å². The van der Waals surface area contributed by atoms with Gasteiger partial charge in [0.05, 0.1) is 17.6 Å². The summed E-state index contributed by atoms with van der Waals surface area (Å²) in [7, 11) is -2.80. The van der Waals surface area contributed by atoms with E-state index in [0.717, 1.165) is 0 Å². The van der Waals surface area contributed by atoms with E-state index in [-0.39, 0.29) is 24.0 Å². The Kier molecular flexibility index (Phi) is 3.09. The third-order valence-corrected chi connectivity index (χ3v) is 4.04. The monoisotopic (exact) mass is 193 g/mol. The van der Waals surface area contributed by atoms with Crippen molar-refractivity contribution < 1.29 is 13.5 Å². The highest BCUT2D eigenvalue weighted by Gasteiger charge is 2.28. The summed E-state index contributed by atoms with van der Waals surface area (Å²) in [5.74, 6) is 0.618. The topological polar surface area (TPSA) is 80.4 Å². The molecule has 1 heterocycles. The Morgan fingerprint density at radius 3 is 2.67 bits per heavy atom. The van der Waals surface area contributed by atoms with Crippen molar-refractivity contribution in [3.05, 3.63) is 0 Å². The summed E-state index contributed by atoms with van der Waals surface area (Å²) in [4.78, 5) is 0. The minimum absolute atomic E-state index is 0.119. The maximum absolute atomic E-state index is 11.0. The molecular weight excluding hydrogens is 178 g/mol. The smallest absolute Gasteiger partial charge is 0.150 e. The molecule has 0 saturated carbocycles. The summed E-state index contributed by atoms with van der Waals surface area (Å²) >= 11 is 0. The van der Waals surface area contributed by atoms with Crippen LogP contribution in [0.5, 0.6) is 0 Å². The fourth-order valence-electron chi connectivity index (χ4n) is 1.54. The summed E-state index contributed by atoms with van der Waals surface area (Å²) in [6.45, 7) is 0.219. The van der Waals surface area contributed by atoms with Crippen molar-refractivity contribution in [2.75, 3.05) is 18.1 Å². The van der Waals surface area contributed by atoms with Gasteiger partial charge in [-0.25, -0.2) is 8.42 Å². The van der Waals surface area contributed by atoms with E-state index in [9.17, 15) is 8.42 Å². The maximum atomic E-state index is 11.0. The third kappa shape index (κ3) is 2.73. The second-order valence-corrected chi connectivity index (χ2v) is 5.62. The van der Waals surface area contributed by atoms with Crippen LogP contribution in [0.15, 0.2) is 0 Å². The molecule has 0 aliphatic carbocycles. The Bertz CT molecular complexity index is 237. The molecule has 1 aliphatic heterocycles. The molecule has 0 radical (unpaired) electrons. The minimum atomic E-state index is -2.80. The molecule has 72 valence electrons. The minimum Gasteiger partial charge on any atom is -0.392 e. The van der Waals surface area contributed by atoms with Crippen molar-refractivity contribution in [2.24, 2.45) is 11.7 Å². The lowest BCUT2D eigenvalue weighted by Crippen LogP contribution is -2.23. The van der Waals surface area contributed by atoms with Crippen molar-refractivity contribution in [1.29, 1.82) is 0 Å². The van der Waals surface area contributed by atoms with Crippen molar-refractivity contribution >= 4 is 9.84 Å². The van der Waals surface area contributed by atoms with Crippen molar-refractivity contribution in [3.8, 4) is 0 Å². The Morgan fingerprint density at radius 1 is 1.58 bits per heavy atom. The molecule has 1 fully saturated rings. The first-order valence-electron chi connectivity index (χ1n) is 4.12. The van der Waals surface area contributed by atoms with Gasteiger partial charge < -0.3 is 10.8 Å². The molecule has 2 atom stereocenters. The number of aliphatic hydroxyl groups is 1. The van der Waals surface area contributed by atoms with Crippen molar-refractivity contribution in [2.45, 2.75) is 18.9 Å². The van der Waals surface area contributed by atoms with Gasteiger partial charge in [0, 0.05) is 6.54 Å². The second kappa shape index (κ2) is 3.72. The zero-order valence-electron chi connectivity index (χ0n) is 6.94. The Morgan fingerprint density at radius 2 is 2.25 bits per heavy atom. The molecule has 0 aromatic rings. The summed E-state index contributed by atoms with van der Waals surface area (Å²) in [6.07, 6.45) is 0.665. The number of rotatable bonds is 3. The Hall–Kier alpha value is -0.130. The SMILES string of the molecule is NCC(O)CC1CCS(=O)(=O)C1. The zero-order chi connectivity index (χ0) is 9.19. The van der Waals surface area contributed by atoms with Gasteiger partial charge >= 0.3 is 0 Å². The first-order valence-corrected chi connectivity index (χ1v) is 5.94. The van der Waals surface area contributed by atoms with Crippen LogP contribution in [0.2, 0.25) is 0 Å². The lowest BCUT2D eigenvalue weighted by Gasteiger charge is -2.11. The summed E-state index contributed by atoms with van der Waals surface area (Å²) in [5.41, 5.74) is 5.22. The molecule has 3 N–H and O–H groups in total. The van der Waals surface area contributed by atoms with Gasteiger partial charge in [-0.2, -0.15) is 0 Å². The number of hydrogen-bond donors (Lipinski definition) is 2. The largest absolute Gasteiger partial charge is 0.392 e. The predicted octanol–water partition coefficient (Wildman–Crippen LogP) is -0.869.